The Kier molecular flexibility index (Phi) is 5.18. The molecular formula is C25H21ClN2O2. The van der Waals surface area contributed by atoms with Crippen molar-refractivity contribution >= 4 is 40.4 Å². The number of hydrogen-bond donors (Lipinski definition) is 1. The van der Waals surface area contributed by atoms with Gasteiger partial charge in [-0.05, 0) is 55.7 Å². The molecule has 0 unspecified atom stereocenters. The third-order valence-electron chi connectivity index (χ3n) is 5.31. The summed E-state index contributed by atoms with van der Waals surface area (Å²) in [4.78, 5) is 28.2. The van der Waals surface area contributed by atoms with E-state index in [1.165, 1.54) is 4.90 Å². The van der Waals surface area contributed by atoms with Gasteiger partial charge in [0.2, 0.25) is 0 Å². The molecule has 30 heavy (non-hydrogen) atoms. The molecule has 4 nitrogen and oxygen atoms in total. The van der Waals surface area contributed by atoms with Crippen LogP contribution in [-0.2, 0) is 9.59 Å². The van der Waals surface area contributed by atoms with E-state index in [1.54, 1.807) is 25.1 Å². The van der Waals surface area contributed by atoms with E-state index in [4.69, 9.17) is 11.6 Å². The smallest absolute Gasteiger partial charge is 0.282 e. The van der Waals surface area contributed by atoms with Crippen LogP contribution in [0.2, 0.25) is 5.02 Å². The second-order valence-corrected chi connectivity index (χ2v) is 7.79. The maximum atomic E-state index is 13.5. The van der Waals surface area contributed by atoms with Crippen LogP contribution >= 0.6 is 11.6 Å². The first-order valence-electron chi connectivity index (χ1n) is 9.66. The molecule has 4 rings (SSSR count). The lowest BCUT2D eigenvalue weighted by molar-refractivity contribution is -0.120. The SMILES string of the molecule is Cc1ccc(C2=C(Nc3ccccc3C)C(=O)N(c3cccc(Cl)c3C)C2=O)cc1. The van der Waals surface area contributed by atoms with Crippen molar-refractivity contribution in [3.8, 4) is 0 Å². The predicted molar refractivity (Wildman–Crippen MR) is 122 cm³/mol. The lowest BCUT2D eigenvalue weighted by atomic mass is 10.0. The highest BCUT2D eigenvalue weighted by atomic mass is 35.5. The van der Waals surface area contributed by atoms with Crippen LogP contribution in [-0.4, -0.2) is 11.8 Å². The molecule has 0 saturated carbocycles. The maximum Gasteiger partial charge on any atom is 0.282 e. The molecule has 150 valence electrons. The number of benzene rings is 3. The molecule has 2 amide bonds. The highest BCUT2D eigenvalue weighted by Gasteiger charge is 2.41. The van der Waals surface area contributed by atoms with Gasteiger partial charge in [-0.1, -0.05) is 65.7 Å². The van der Waals surface area contributed by atoms with Gasteiger partial charge in [-0.25, -0.2) is 4.90 Å². The van der Waals surface area contributed by atoms with Gasteiger partial charge in [0, 0.05) is 10.7 Å². The van der Waals surface area contributed by atoms with Gasteiger partial charge >= 0.3 is 0 Å². The maximum absolute atomic E-state index is 13.5. The molecule has 3 aromatic carbocycles. The lowest BCUT2D eigenvalue weighted by Crippen LogP contribution is -2.33. The van der Waals surface area contributed by atoms with Gasteiger partial charge in [0.25, 0.3) is 11.8 Å². The van der Waals surface area contributed by atoms with Crippen molar-refractivity contribution in [1.82, 2.24) is 0 Å². The largest absolute Gasteiger partial charge is 0.350 e. The summed E-state index contributed by atoms with van der Waals surface area (Å²) >= 11 is 6.27. The van der Waals surface area contributed by atoms with Crippen LogP contribution < -0.4 is 10.2 Å². The normalized spacial score (nSPS) is 13.9. The van der Waals surface area contributed by atoms with E-state index in [-0.39, 0.29) is 11.6 Å². The summed E-state index contributed by atoms with van der Waals surface area (Å²) in [5, 5.41) is 3.73. The fraction of sp³-hybridized carbons (Fsp3) is 0.120. The molecule has 0 spiro atoms. The third kappa shape index (κ3) is 3.40. The predicted octanol–water partition coefficient (Wildman–Crippen LogP) is 5.66. The Labute approximate surface area is 180 Å². The van der Waals surface area contributed by atoms with Crippen LogP contribution in [0.25, 0.3) is 5.57 Å². The lowest BCUT2D eigenvalue weighted by Gasteiger charge is -2.18. The van der Waals surface area contributed by atoms with E-state index in [1.807, 2.05) is 62.4 Å². The van der Waals surface area contributed by atoms with Crippen molar-refractivity contribution in [3.05, 3.63) is 99.7 Å². The van der Waals surface area contributed by atoms with Crippen molar-refractivity contribution in [2.24, 2.45) is 0 Å². The molecule has 0 fully saturated rings. The fourth-order valence-electron chi connectivity index (χ4n) is 3.54. The van der Waals surface area contributed by atoms with Crippen LogP contribution in [0.3, 0.4) is 0 Å². The van der Waals surface area contributed by atoms with Crippen molar-refractivity contribution in [1.29, 1.82) is 0 Å². The number of para-hydroxylation sites is 1. The fourth-order valence-corrected chi connectivity index (χ4v) is 3.71. The average Bonchev–Trinajstić information content (AvgIpc) is 2.96. The zero-order chi connectivity index (χ0) is 21.4. The topological polar surface area (TPSA) is 49.4 Å². The van der Waals surface area contributed by atoms with Gasteiger partial charge in [0.1, 0.15) is 5.70 Å². The molecule has 1 N–H and O–H groups in total. The van der Waals surface area contributed by atoms with Gasteiger partial charge in [-0.2, -0.15) is 0 Å². The van der Waals surface area contributed by atoms with Gasteiger partial charge in [0.15, 0.2) is 0 Å². The van der Waals surface area contributed by atoms with E-state index in [0.29, 0.717) is 27.4 Å². The summed E-state index contributed by atoms with van der Waals surface area (Å²) in [6.45, 7) is 5.74. The average molecular weight is 417 g/mol. The standard InChI is InChI=1S/C25H21ClN2O2/c1-15-11-13-18(14-12-15)22-23(27-20-9-5-4-7-16(20)2)25(30)28(24(22)29)21-10-6-8-19(26)17(21)3/h4-14,27H,1-3H3. The van der Waals surface area contributed by atoms with E-state index in [2.05, 4.69) is 5.32 Å². The number of anilines is 2. The first-order valence-corrected chi connectivity index (χ1v) is 10.0. The van der Waals surface area contributed by atoms with Gasteiger partial charge in [-0.15, -0.1) is 0 Å². The van der Waals surface area contributed by atoms with E-state index in [9.17, 15) is 9.59 Å². The highest BCUT2D eigenvalue weighted by Crippen LogP contribution is 2.37. The van der Waals surface area contributed by atoms with Gasteiger partial charge in [0.05, 0.1) is 11.3 Å². The molecule has 1 heterocycles. The van der Waals surface area contributed by atoms with Crippen LogP contribution in [0.5, 0.6) is 0 Å². The first kappa shape index (κ1) is 19.9. The number of hydrogen-bond acceptors (Lipinski definition) is 3. The molecule has 1 aliphatic heterocycles. The summed E-state index contributed by atoms with van der Waals surface area (Å²) < 4.78 is 0. The number of nitrogens with one attached hydrogen (secondary N) is 1. The highest BCUT2D eigenvalue weighted by molar-refractivity contribution is 6.46. The van der Waals surface area contributed by atoms with Crippen LogP contribution in [0, 0.1) is 20.8 Å². The zero-order valence-corrected chi connectivity index (χ0v) is 17.7. The molecule has 0 atom stereocenters. The summed E-state index contributed by atoms with van der Waals surface area (Å²) in [5.41, 5.74) is 5.31. The summed E-state index contributed by atoms with van der Waals surface area (Å²) in [7, 11) is 0. The molecular weight excluding hydrogens is 396 g/mol. The number of halogens is 1. The number of carbonyl (C=O) groups excluding carboxylic acids is 2. The van der Waals surface area contributed by atoms with Gasteiger partial charge in [-0.3, -0.25) is 9.59 Å². The molecule has 0 aromatic heterocycles. The van der Waals surface area contributed by atoms with Crippen LogP contribution in [0.15, 0.2) is 72.4 Å². The van der Waals surface area contributed by atoms with Crippen molar-refractivity contribution in [2.75, 3.05) is 10.2 Å². The Morgan fingerprint density at radius 1 is 0.800 bits per heavy atom. The second-order valence-electron chi connectivity index (χ2n) is 7.39. The molecule has 5 heteroatoms. The summed E-state index contributed by atoms with van der Waals surface area (Å²) in [6, 6.07) is 20.5. The first-order chi connectivity index (χ1) is 14.4. The number of carbonyl (C=O) groups is 2. The number of imide groups is 1. The Balaban J connectivity index is 1.87. The molecule has 1 aliphatic rings. The minimum absolute atomic E-state index is 0.262. The van der Waals surface area contributed by atoms with Crippen LogP contribution in [0.1, 0.15) is 22.3 Å². The number of rotatable bonds is 4. The van der Waals surface area contributed by atoms with E-state index < -0.39 is 5.91 Å². The summed E-state index contributed by atoms with van der Waals surface area (Å²) in [5.74, 6) is -0.769. The molecule has 0 bridgehead atoms. The van der Waals surface area contributed by atoms with Crippen molar-refractivity contribution in [3.63, 3.8) is 0 Å². The quantitative estimate of drug-likeness (QED) is 0.558. The number of amides is 2. The van der Waals surface area contributed by atoms with Crippen molar-refractivity contribution in [2.45, 2.75) is 20.8 Å². The second kappa shape index (κ2) is 7.81. The number of nitrogens with zero attached hydrogens (tertiary/aromatic N) is 1. The molecule has 0 saturated heterocycles. The number of aryl methyl sites for hydroxylation is 2. The molecule has 3 aromatic rings. The van der Waals surface area contributed by atoms with Gasteiger partial charge < -0.3 is 5.32 Å². The van der Waals surface area contributed by atoms with E-state index in [0.717, 1.165) is 16.8 Å². The third-order valence-corrected chi connectivity index (χ3v) is 5.72. The van der Waals surface area contributed by atoms with Crippen molar-refractivity contribution < 1.29 is 9.59 Å². The monoisotopic (exact) mass is 416 g/mol. The molecule has 0 aliphatic carbocycles. The Hall–Kier alpha value is -3.37. The van der Waals surface area contributed by atoms with E-state index >= 15 is 0 Å². The Bertz CT molecular complexity index is 1200. The summed E-state index contributed by atoms with van der Waals surface area (Å²) in [6.07, 6.45) is 0. The minimum Gasteiger partial charge on any atom is -0.350 e. The Morgan fingerprint density at radius 2 is 1.50 bits per heavy atom. The zero-order valence-electron chi connectivity index (χ0n) is 17.0. The molecule has 0 radical (unpaired) electrons. The van der Waals surface area contributed by atoms with Crippen LogP contribution in [0.4, 0.5) is 11.4 Å². The minimum atomic E-state index is -0.399. The Morgan fingerprint density at radius 3 is 2.20 bits per heavy atom.